The Labute approximate surface area is 204 Å². The largest absolute Gasteiger partial charge is 0.462 e. The molecule has 168 valence electrons. The fourth-order valence-electron chi connectivity index (χ4n) is 3.04. The fraction of sp³-hybridized carbons (Fsp3) is 0.125. The van der Waals surface area contributed by atoms with Gasteiger partial charge in [-0.15, -0.1) is 0 Å². The van der Waals surface area contributed by atoms with Crippen molar-refractivity contribution in [2.24, 2.45) is 4.99 Å². The molecule has 6 nitrogen and oxygen atoms in total. The third kappa shape index (κ3) is 5.16. The van der Waals surface area contributed by atoms with E-state index in [1.807, 2.05) is 0 Å². The number of carbonyl (C=O) groups excluding carboxylic acids is 2. The van der Waals surface area contributed by atoms with Gasteiger partial charge in [0.2, 0.25) is 0 Å². The van der Waals surface area contributed by atoms with Gasteiger partial charge in [0.05, 0.1) is 27.8 Å². The van der Waals surface area contributed by atoms with Crippen molar-refractivity contribution in [1.29, 1.82) is 0 Å². The number of likely N-dealkylation sites (N-methyl/N-ethyl adjacent to an activating group) is 1. The SMILES string of the molecule is CCOC(=O)c1ccc(N=C2S/C(=C/c3ccc(-c4ccc(Cl)cc4Cl)o3)C(=O)N2C)cc1. The Kier molecular flexibility index (Phi) is 6.93. The summed E-state index contributed by atoms with van der Waals surface area (Å²) in [7, 11) is 1.66. The highest BCUT2D eigenvalue weighted by molar-refractivity contribution is 8.18. The second-order valence-electron chi connectivity index (χ2n) is 6.96. The Morgan fingerprint density at radius 3 is 2.61 bits per heavy atom. The smallest absolute Gasteiger partial charge is 0.338 e. The van der Waals surface area contributed by atoms with Crippen LogP contribution in [0.1, 0.15) is 23.0 Å². The molecule has 4 rings (SSSR count). The van der Waals surface area contributed by atoms with E-state index in [-0.39, 0.29) is 11.9 Å². The molecule has 0 unspecified atom stereocenters. The van der Waals surface area contributed by atoms with E-state index >= 15 is 0 Å². The topological polar surface area (TPSA) is 72.1 Å². The summed E-state index contributed by atoms with van der Waals surface area (Å²) in [6, 6.07) is 15.4. The van der Waals surface area contributed by atoms with Gasteiger partial charge in [0.25, 0.3) is 5.91 Å². The van der Waals surface area contributed by atoms with Crippen LogP contribution in [0, 0.1) is 0 Å². The van der Waals surface area contributed by atoms with E-state index in [2.05, 4.69) is 4.99 Å². The van der Waals surface area contributed by atoms with Crippen molar-refractivity contribution in [2.45, 2.75) is 6.92 Å². The number of nitrogens with zero attached hydrogens (tertiary/aromatic N) is 2. The lowest BCUT2D eigenvalue weighted by molar-refractivity contribution is -0.121. The third-order valence-corrected chi connectivity index (χ3v) is 6.31. The van der Waals surface area contributed by atoms with Crippen LogP contribution in [0.3, 0.4) is 0 Å². The second-order valence-corrected chi connectivity index (χ2v) is 8.82. The molecule has 0 saturated carbocycles. The minimum absolute atomic E-state index is 0.190. The van der Waals surface area contributed by atoms with E-state index in [0.717, 1.165) is 0 Å². The maximum absolute atomic E-state index is 12.7. The van der Waals surface area contributed by atoms with E-state index in [0.29, 0.717) is 55.1 Å². The van der Waals surface area contributed by atoms with Crippen LogP contribution >= 0.6 is 35.0 Å². The number of esters is 1. The molecule has 0 atom stereocenters. The first-order valence-corrected chi connectivity index (χ1v) is 11.5. The van der Waals surface area contributed by atoms with Gasteiger partial charge < -0.3 is 9.15 Å². The van der Waals surface area contributed by atoms with E-state index in [1.54, 1.807) is 74.6 Å². The number of halogens is 2. The molecule has 1 aliphatic rings. The molecule has 1 saturated heterocycles. The molecule has 1 aromatic heterocycles. The zero-order valence-corrected chi connectivity index (χ0v) is 20.0. The number of aliphatic imine (C=N–C) groups is 1. The number of furan rings is 1. The molecular formula is C24H18Cl2N2O4S. The summed E-state index contributed by atoms with van der Waals surface area (Å²) in [5, 5.41) is 1.53. The molecule has 33 heavy (non-hydrogen) atoms. The molecular weight excluding hydrogens is 483 g/mol. The molecule has 1 fully saturated rings. The average molecular weight is 501 g/mol. The third-order valence-electron chi connectivity index (χ3n) is 4.70. The number of hydrogen-bond donors (Lipinski definition) is 0. The zero-order valence-electron chi connectivity index (χ0n) is 17.7. The highest BCUT2D eigenvalue weighted by atomic mass is 35.5. The molecule has 0 N–H and O–H groups in total. The van der Waals surface area contributed by atoms with Gasteiger partial charge in [-0.05, 0) is 73.3 Å². The highest BCUT2D eigenvalue weighted by Crippen LogP contribution is 2.35. The predicted octanol–water partition coefficient (Wildman–Crippen LogP) is 6.66. The Balaban J connectivity index is 1.53. The molecule has 2 heterocycles. The number of amidine groups is 1. The van der Waals surface area contributed by atoms with Crippen LogP contribution in [0.4, 0.5) is 5.69 Å². The van der Waals surface area contributed by atoms with Gasteiger partial charge >= 0.3 is 5.97 Å². The number of ether oxygens (including phenoxy) is 1. The van der Waals surface area contributed by atoms with E-state index < -0.39 is 0 Å². The number of thioether (sulfide) groups is 1. The van der Waals surface area contributed by atoms with Gasteiger partial charge in [-0.1, -0.05) is 23.2 Å². The van der Waals surface area contributed by atoms with Crippen molar-refractivity contribution in [1.82, 2.24) is 4.90 Å². The molecule has 0 bridgehead atoms. The first-order valence-electron chi connectivity index (χ1n) is 9.94. The Morgan fingerprint density at radius 1 is 1.15 bits per heavy atom. The van der Waals surface area contributed by atoms with Gasteiger partial charge in [-0.3, -0.25) is 9.69 Å². The van der Waals surface area contributed by atoms with Gasteiger partial charge in [0, 0.05) is 23.7 Å². The molecule has 9 heteroatoms. The first kappa shape index (κ1) is 23.2. The van der Waals surface area contributed by atoms with Gasteiger partial charge in [0.15, 0.2) is 5.17 Å². The van der Waals surface area contributed by atoms with Crippen LogP contribution in [-0.4, -0.2) is 35.6 Å². The Hall–Kier alpha value is -3.00. The number of hydrogen-bond acceptors (Lipinski definition) is 6. The van der Waals surface area contributed by atoms with Crippen molar-refractivity contribution < 1.29 is 18.7 Å². The Bertz CT molecular complexity index is 1280. The number of benzene rings is 2. The number of carbonyl (C=O) groups is 2. The maximum atomic E-state index is 12.7. The Morgan fingerprint density at radius 2 is 1.91 bits per heavy atom. The van der Waals surface area contributed by atoms with Crippen LogP contribution in [0.5, 0.6) is 0 Å². The van der Waals surface area contributed by atoms with Crippen LogP contribution in [0.15, 0.2) is 68.9 Å². The summed E-state index contributed by atoms with van der Waals surface area (Å²) in [6.07, 6.45) is 1.67. The van der Waals surface area contributed by atoms with Crippen LogP contribution in [0.2, 0.25) is 10.0 Å². The van der Waals surface area contributed by atoms with E-state index in [1.165, 1.54) is 16.7 Å². The monoisotopic (exact) mass is 500 g/mol. The molecule has 0 aliphatic carbocycles. The van der Waals surface area contributed by atoms with Crippen molar-refractivity contribution in [3.05, 3.63) is 80.9 Å². The summed E-state index contributed by atoms with van der Waals surface area (Å²) < 4.78 is 10.9. The highest BCUT2D eigenvalue weighted by Gasteiger charge is 2.30. The summed E-state index contributed by atoms with van der Waals surface area (Å²) in [4.78, 5) is 31.0. The molecule has 0 spiro atoms. The van der Waals surface area contributed by atoms with Crippen molar-refractivity contribution >= 4 is 63.8 Å². The predicted molar refractivity (Wildman–Crippen MR) is 132 cm³/mol. The van der Waals surface area contributed by atoms with Gasteiger partial charge in [-0.25, -0.2) is 9.79 Å². The standard InChI is InChI=1S/C24H18Cl2N2O4S/c1-3-31-23(30)14-4-7-16(8-5-14)27-24-28(2)22(29)21(33-24)13-17-9-11-20(32-17)18-10-6-15(25)12-19(18)26/h4-13H,3H2,1-2H3/b21-13+,27-24?. The lowest BCUT2D eigenvalue weighted by Crippen LogP contribution is -2.23. The molecule has 1 aliphatic heterocycles. The first-order chi connectivity index (χ1) is 15.9. The van der Waals surface area contributed by atoms with Crippen LogP contribution in [-0.2, 0) is 9.53 Å². The quantitative estimate of drug-likeness (QED) is 0.289. The lowest BCUT2D eigenvalue weighted by atomic mass is 10.2. The van der Waals surface area contributed by atoms with Gasteiger partial charge in [-0.2, -0.15) is 0 Å². The summed E-state index contributed by atoms with van der Waals surface area (Å²) in [5.74, 6) is 0.509. The molecule has 3 aromatic rings. The van der Waals surface area contributed by atoms with Gasteiger partial charge in [0.1, 0.15) is 11.5 Å². The van der Waals surface area contributed by atoms with E-state index in [4.69, 9.17) is 32.4 Å². The normalized spacial score (nSPS) is 16.1. The van der Waals surface area contributed by atoms with Crippen molar-refractivity contribution in [3.63, 3.8) is 0 Å². The zero-order chi connectivity index (χ0) is 23.5. The molecule has 1 amide bonds. The summed E-state index contributed by atoms with van der Waals surface area (Å²) in [5.41, 5.74) is 1.77. The molecule has 0 radical (unpaired) electrons. The molecule has 2 aromatic carbocycles. The fourth-order valence-corrected chi connectivity index (χ4v) is 4.51. The number of rotatable bonds is 5. The summed E-state index contributed by atoms with van der Waals surface area (Å²) in [6.45, 7) is 2.06. The van der Waals surface area contributed by atoms with Crippen molar-refractivity contribution in [2.75, 3.05) is 13.7 Å². The second kappa shape index (κ2) is 9.87. The van der Waals surface area contributed by atoms with E-state index in [9.17, 15) is 9.59 Å². The van der Waals surface area contributed by atoms with Crippen molar-refractivity contribution in [3.8, 4) is 11.3 Å². The maximum Gasteiger partial charge on any atom is 0.338 e. The average Bonchev–Trinajstić information content (AvgIpc) is 3.35. The minimum atomic E-state index is -0.387. The number of amides is 1. The lowest BCUT2D eigenvalue weighted by Gasteiger charge is -2.07. The van der Waals surface area contributed by atoms with Crippen LogP contribution < -0.4 is 0 Å². The van der Waals surface area contributed by atoms with Crippen LogP contribution in [0.25, 0.3) is 17.4 Å². The summed E-state index contributed by atoms with van der Waals surface area (Å²) >= 11 is 13.5. The minimum Gasteiger partial charge on any atom is -0.462 e.